The van der Waals surface area contributed by atoms with Crippen molar-refractivity contribution in [2.24, 2.45) is 5.92 Å². The van der Waals surface area contributed by atoms with Gasteiger partial charge in [0.05, 0.1) is 10.9 Å². The van der Waals surface area contributed by atoms with E-state index in [1.807, 2.05) is 27.7 Å². The number of hydrogen-bond donors (Lipinski definition) is 1. The van der Waals surface area contributed by atoms with Crippen LogP contribution in [-0.4, -0.2) is 47.4 Å². The third-order valence-corrected chi connectivity index (χ3v) is 4.14. The highest BCUT2D eigenvalue weighted by Gasteiger charge is 2.29. The SMILES string of the molecule is CC(C)CC(=O)C(CSC1=CC(=O)N(C)C1=O)NC(C)C. The van der Waals surface area contributed by atoms with E-state index in [1.54, 1.807) is 0 Å². The lowest BCUT2D eigenvalue weighted by molar-refractivity contribution is -0.135. The molecule has 5 nitrogen and oxygen atoms in total. The number of nitrogens with one attached hydrogen (secondary N) is 1. The van der Waals surface area contributed by atoms with E-state index in [9.17, 15) is 14.4 Å². The molecule has 1 unspecified atom stereocenters. The Balaban J connectivity index is 2.65. The minimum Gasteiger partial charge on any atom is -0.305 e. The Morgan fingerprint density at radius 1 is 1.29 bits per heavy atom. The number of carbonyl (C=O) groups excluding carboxylic acids is 3. The molecule has 1 aliphatic heterocycles. The third-order valence-electron chi connectivity index (χ3n) is 3.04. The van der Waals surface area contributed by atoms with Gasteiger partial charge in [0.15, 0.2) is 5.78 Å². The number of ketones is 1. The van der Waals surface area contributed by atoms with E-state index >= 15 is 0 Å². The van der Waals surface area contributed by atoms with Crippen LogP contribution in [0.15, 0.2) is 11.0 Å². The highest BCUT2D eigenvalue weighted by Crippen LogP contribution is 2.24. The molecule has 2 amide bonds. The molecule has 0 aliphatic carbocycles. The number of hydrogen-bond acceptors (Lipinski definition) is 5. The zero-order valence-electron chi connectivity index (χ0n) is 13.3. The molecule has 1 N–H and O–H groups in total. The molecular weight excluding hydrogens is 288 g/mol. The quantitative estimate of drug-likeness (QED) is 0.689. The molecule has 0 saturated carbocycles. The number of rotatable bonds is 8. The highest BCUT2D eigenvalue weighted by molar-refractivity contribution is 8.04. The molecule has 0 radical (unpaired) electrons. The minimum atomic E-state index is -0.302. The van der Waals surface area contributed by atoms with Crippen molar-refractivity contribution in [1.82, 2.24) is 10.2 Å². The van der Waals surface area contributed by atoms with E-state index in [-0.39, 0.29) is 29.7 Å². The molecule has 21 heavy (non-hydrogen) atoms. The molecule has 6 heteroatoms. The Morgan fingerprint density at radius 2 is 1.90 bits per heavy atom. The van der Waals surface area contributed by atoms with Gasteiger partial charge in [-0.25, -0.2) is 0 Å². The van der Waals surface area contributed by atoms with Gasteiger partial charge in [0.2, 0.25) is 0 Å². The van der Waals surface area contributed by atoms with Crippen molar-refractivity contribution in [3.8, 4) is 0 Å². The van der Waals surface area contributed by atoms with Crippen LogP contribution in [0.5, 0.6) is 0 Å². The van der Waals surface area contributed by atoms with Gasteiger partial charge in [-0.3, -0.25) is 19.3 Å². The number of likely N-dealkylation sites (N-methyl/N-ethyl adjacent to an activating group) is 1. The highest BCUT2D eigenvalue weighted by atomic mass is 32.2. The van der Waals surface area contributed by atoms with Gasteiger partial charge in [-0.2, -0.15) is 0 Å². The van der Waals surface area contributed by atoms with Crippen LogP contribution in [0.25, 0.3) is 0 Å². The lowest BCUT2D eigenvalue weighted by atomic mass is 10.0. The summed E-state index contributed by atoms with van der Waals surface area (Å²) < 4.78 is 0. The summed E-state index contributed by atoms with van der Waals surface area (Å²) in [4.78, 5) is 37.0. The lowest BCUT2D eigenvalue weighted by Crippen LogP contribution is -2.43. The van der Waals surface area contributed by atoms with Crippen molar-refractivity contribution in [3.05, 3.63) is 11.0 Å². The first-order chi connectivity index (χ1) is 9.72. The van der Waals surface area contributed by atoms with Crippen molar-refractivity contribution < 1.29 is 14.4 Å². The number of imide groups is 1. The van der Waals surface area contributed by atoms with Crippen LogP contribution in [0.4, 0.5) is 0 Å². The molecular formula is C15H24N2O3S. The topological polar surface area (TPSA) is 66.5 Å². The number of nitrogens with zero attached hydrogens (tertiary/aromatic N) is 1. The molecule has 1 rings (SSSR count). The van der Waals surface area contributed by atoms with Gasteiger partial charge in [-0.1, -0.05) is 27.7 Å². The summed E-state index contributed by atoms with van der Waals surface area (Å²) in [5, 5.41) is 3.24. The van der Waals surface area contributed by atoms with Crippen molar-refractivity contribution in [1.29, 1.82) is 0 Å². The second-order valence-corrected chi connectivity index (χ2v) is 7.02. The molecule has 0 fully saturated rings. The fourth-order valence-electron chi connectivity index (χ4n) is 1.99. The summed E-state index contributed by atoms with van der Waals surface area (Å²) in [5.41, 5.74) is 0. The van der Waals surface area contributed by atoms with Crippen molar-refractivity contribution in [2.45, 2.75) is 46.2 Å². The maximum atomic E-state index is 12.2. The van der Waals surface area contributed by atoms with Crippen LogP contribution in [0, 0.1) is 5.92 Å². The van der Waals surface area contributed by atoms with E-state index in [1.165, 1.54) is 24.9 Å². The first-order valence-electron chi connectivity index (χ1n) is 7.17. The fraction of sp³-hybridized carbons (Fsp3) is 0.667. The standard InChI is InChI=1S/C15H24N2O3S/c1-9(2)6-12(18)11(16-10(3)4)8-21-13-7-14(19)17(5)15(13)20/h7,9-11,16H,6,8H2,1-5H3. The van der Waals surface area contributed by atoms with Gasteiger partial charge in [0.1, 0.15) is 0 Å². The fourth-order valence-corrected chi connectivity index (χ4v) is 3.07. The smallest absolute Gasteiger partial charge is 0.267 e. The average Bonchev–Trinajstić information content (AvgIpc) is 2.60. The van der Waals surface area contributed by atoms with E-state index in [4.69, 9.17) is 0 Å². The number of thioether (sulfide) groups is 1. The van der Waals surface area contributed by atoms with E-state index in [0.717, 1.165) is 4.90 Å². The van der Waals surface area contributed by atoms with Gasteiger partial charge in [0.25, 0.3) is 11.8 Å². The van der Waals surface area contributed by atoms with E-state index in [2.05, 4.69) is 5.32 Å². The maximum absolute atomic E-state index is 12.2. The Morgan fingerprint density at radius 3 is 2.33 bits per heavy atom. The second kappa shape index (κ2) is 7.75. The normalized spacial score (nSPS) is 16.9. The molecule has 0 spiro atoms. The van der Waals surface area contributed by atoms with Crippen LogP contribution >= 0.6 is 11.8 Å². The molecule has 0 aromatic rings. The second-order valence-electron chi connectivity index (χ2n) is 5.96. The minimum absolute atomic E-state index is 0.150. The summed E-state index contributed by atoms with van der Waals surface area (Å²) in [6.07, 6.45) is 1.85. The average molecular weight is 312 g/mol. The largest absolute Gasteiger partial charge is 0.305 e. The van der Waals surface area contributed by atoms with E-state index in [0.29, 0.717) is 23.0 Å². The van der Waals surface area contributed by atoms with Crippen LogP contribution in [-0.2, 0) is 14.4 Å². The summed E-state index contributed by atoms with van der Waals surface area (Å²) in [6, 6.07) is -0.114. The molecule has 0 aromatic carbocycles. The van der Waals surface area contributed by atoms with E-state index < -0.39 is 0 Å². The summed E-state index contributed by atoms with van der Waals surface area (Å²) in [6.45, 7) is 7.98. The number of amides is 2. The molecule has 1 heterocycles. The van der Waals surface area contributed by atoms with Gasteiger partial charge < -0.3 is 5.32 Å². The monoisotopic (exact) mass is 312 g/mol. The van der Waals surface area contributed by atoms with Crippen LogP contribution in [0.3, 0.4) is 0 Å². The van der Waals surface area contributed by atoms with Gasteiger partial charge in [0, 0.05) is 31.3 Å². The van der Waals surface area contributed by atoms with Crippen molar-refractivity contribution in [2.75, 3.05) is 12.8 Å². The zero-order valence-corrected chi connectivity index (χ0v) is 14.1. The van der Waals surface area contributed by atoms with Crippen LogP contribution < -0.4 is 5.32 Å². The Hall–Kier alpha value is -1.14. The third kappa shape index (κ3) is 5.28. The molecule has 0 saturated heterocycles. The van der Waals surface area contributed by atoms with Gasteiger partial charge in [-0.05, 0) is 5.92 Å². The Labute approximate surface area is 130 Å². The van der Waals surface area contributed by atoms with Gasteiger partial charge in [-0.15, -0.1) is 11.8 Å². The Bertz CT molecular complexity index is 458. The summed E-state index contributed by atoms with van der Waals surface area (Å²) >= 11 is 1.27. The number of carbonyl (C=O) groups is 3. The maximum Gasteiger partial charge on any atom is 0.267 e. The zero-order chi connectivity index (χ0) is 16.2. The molecule has 0 bridgehead atoms. The first-order valence-corrected chi connectivity index (χ1v) is 8.16. The van der Waals surface area contributed by atoms with Crippen molar-refractivity contribution >= 4 is 29.4 Å². The predicted molar refractivity (Wildman–Crippen MR) is 84.8 cm³/mol. The number of Topliss-reactive ketones (excluding diaryl/α,β-unsaturated/α-hetero) is 1. The predicted octanol–water partition coefficient (Wildman–Crippen LogP) is 1.58. The summed E-state index contributed by atoms with van der Waals surface area (Å²) in [5.74, 6) is 0.326. The Kier molecular flexibility index (Phi) is 6.61. The molecule has 1 atom stereocenters. The van der Waals surface area contributed by atoms with Gasteiger partial charge >= 0.3 is 0 Å². The molecule has 0 aromatic heterocycles. The van der Waals surface area contributed by atoms with Crippen LogP contribution in [0.1, 0.15) is 34.1 Å². The summed E-state index contributed by atoms with van der Waals surface area (Å²) in [7, 11) is 1.46. The molecule has 118 valence electrons. The lowest BCUT2D eigenvalue weighted by Gasteiger charge is -2.21. The van der Waals surface area contributed by atoms with Crippen molar-refractivity contribution in [3.63, 3.8) is 0 Å². The van der Waals surface area contributed by atoms with Crippen LogP contribution in [0.2, 0.25) is 0 Å². The first kappa shape index (κ1) is 17.9. The molecule has 1 aliphatic rings.